The number of ketones is 1. The summed E-state index contributed by atoms with van der Waals surface area (Å²) in [5, 5.41) is 11.3. The number of carbonyl (C=O) groups is 6. The molecule has 3 aliphatic rings. The third-order valence-corrected chi connectivity index (χ3v) is 11.7. The molecule has 0 aromatic heterocycles. The normalized spacial score (nSPS) is 21.9. The number of nitrogens with one attached hydrogen (secondary N) is 4. The molecule has 0 aromatic rings. The maximum Gasteiger partial charge on any atom is 0.315 e. The second-order valence-corrected chi connectivity index (χ2v) is 16.4. The molecule has 0 aromatic carbocycles. The summed E-state index contributed by atoms with van der Waals surface area (Å²) in [5.41, 5.74) is -0.437. The van der Waals surface area contributed by atoms with Crippen molar-refractivity contribution in [1.82, 2.24) is 34.8 Å². The predicted molar refractivity (Wildman–Crippen MR) is 193 cm³/mol. The molecule has 2 unspecified atom stereocenters. The van der Waals surface area contributed by atoms with Crippen LogP contribution in [-0.4, -0.2) is 106 Å². The van der Waals surface area contributed by atoms with Crippen LogP contribution in [0.15, 0.2) is 12.7 Å². The quantitative estimate of drug-likeness (QED) is 0.0621. The molecule has 2 heterocycles. The average Bonchev–Trinajstić information content (AvgIpc) is 3.72. The smallest absolute Gasteiger partial charge is 0.315 e. The summed E-state index contributed by atoms with van der Waals surface area (Å²) < 4.78 is 16.0. The van der Waals surface area contributed by atoms with Gasteiger partial charge in [-0.15, -0.1) is 15.2 Å². The Labute approximate surface area is 300 Å². The minimum atomic E-state index is -2.06. The van der Waals surface area contributed by atoms with Gasteiger partial charge in [0.25, 0.3) is 11.8 Å². The highest BCUT2D eigenvalue weighted by Gasteiger charge is 2.43. The van der Waals surface area contributed by atoms with Gasteiger partial charge in [-0.2, -0.15) is 0 Å². The van der Waals surface area contributed by atoms with Gasteiger partial charge >= 0.3 is 6.03 Å². The van der Waals surface area contributed by atoms with E-state index < -0.39 is 64.4 Å². The molecule has 1 saturated carbocycles. The topological polar surface area (TPSA) is 177 Å². The number of nitrogens with zero attached hydrogens (tertiary/aromatic N) is 3. The number of hydrogen-bond donors (Lipinski definition) is 4. The predicted octanol–water partition coefficient (Wildman–Crippen LogP) is 2.27. The number of thiol groups is 1. The van der Waals surface area contributed by atoms with Crippen LogP contribution in [0.3, 0.4) is 0 Å². The minimum absolute atomic E-state index is 0.117. The van der Waals surface area contributed by atoms with E-state index in [2.05, 4.69) is 27.8 Å². The summed E-state index contributed by atoms with van der Waals surface area (Å²) in [7, 11) is 0. The lowest BCUT2D eigenvalue weighted by Crippen LogP contribution is -2.60. The molecule has 282 valence electrons. The van der Waals surface area contributed by atoms with Crippen molar-refractivity contribution < 1.29 is 33.0 Å². The van der Waals surface area contributed by atoms with Gasteiger partial charge in [0.1, 0.15) is 12.1 Å². The molecule has 5 atom stereocenters. The van der Waals surface area contributed by atoms with E-state index >= 15 is 0 Å². The van der Waals surface area contributed by atoms with Crippen LogP contribution in [-0.2, 0) is 39.4 Å². The van der Waals surface area contributed by atoms with Gasteiger partial charge in [0.05, 0.1) is 31.7 Å². The second kappa shape index (κ2) is 19.3. The van der Waals surface area contributed by atoms with Crippen LogP contribution in [0.4, 0.5) is 4.79 Å². The fraction of sp³-hybridized carbons (Fsp3) is 0.771. The van der Waals surface area contributed by atoms with Crippen molar-refractivity contribution in [2.24, 2.45) is 11.3 Å². The summed E-state index contributed by atoms with van der Waals surface area (Å²) in [6.07, 6.45) is 9.56. The van der Waals surface area contributed by atoms with Crippen molar-refractivity contribution in [3.05, 3.63) is 12.7 Å². The number of unbranched alkanes of at least 4 members (excludes halogenated alkanes) is 2. The fourth-order valence-corrected chi connectivity index (χ4v) is 8.31. The molecule has 0 bridgehead atoms. The first-order valence-electron chi connectivity index (χ1n) is 18.3. The van der Waals surface area contributed by atoms with Crippen molar-refractivity contribution >= 4 is 46.6 Å². The molecule has 1 aliphatic carbocycles. The molecular formula is C35H60N7O7S+. The maximum atomic E-state index is 14.3. The summed E-state index contributed by atoms with van der Waals surface area (Å²) in [4.78, 5) is 80.7. The van der Waals surface area contributed by atoms with Crippen LogP contribution < -0.4 is 21.3 Å². The zero-order chi connectivity index (χ0) is 37.0. The Hall–Kier alpha value is -3.33. The summed E-state index contributed by atoms with van der Waals surface area (Å²) >= 11 is -2.06. The van der Waals surface area contributed by atoms with Gasteiger partial charge in [0.15, 0.2) is 0 Å². The van der Waals surface area contributed by atoms with Crippen LogP contribution in [0.1, 0.15) is 105 Å². The monoisotopic (exact) mass is 722 g/mol. The molecule has 14 nitrogen and oxygen atoms in total. The molecule has 15 heteroatoms. The minimum Gasteiger partial charge on any atom is -0.346 e. The van der Waals surface area contributed by atoms with Crippen LogP contribution in [0.2, 0.25) is 0 Å². The van der Waals surface area contributed by atoms with Gasteiger partial charge in [-0.3, -0.25) is 24.0 Å². The van der Waals surface area contributed by atoms with Crippen molar-refractivity contribution in [2.45, 2.75) is 129 Å². The highest BCUT2D eigenvalue weighted by Crippen LogP contribution is 2.30. The molecule has 2 aliphatic heterocycles. The highest BCUT2D eigenvalue weighted by molar-refractivity contribution is 7.81. The Morgan fingerprint density at radius 2 is 1.62 bits per heavy atom. The van der Waals surface area contributed by atoms with Gasteiger partial charge in [-0.25, -0.2) is 4.79 Å². The van der Waals surface area contributed by atoms with Crippen molar-refractivity contribution in [2.75, 3.05) is 32.7 Å². The first kappa shape index (κ1) is 41.1. The third-order valence-electron chi connectivity index (χ3n) is 10.00. The van der Waals surface area contributed by atoms with E-state index in [1.165, 1.54) is 22.2 Å². The van der Waals surface area contributed by atoms with Crippen LogP contribution >= 0.6 is 0 Å². The standard InChI is InChI=1S/C35H59N7O7S/c1-7-9-11-17-26(30(44)32(46)36-19-8-2)37-31(45)27-18-14-20-41(27)33(47)29(25-15-12-10-13-16-25)39-34(48)38-28(35(4,5)6)23-40-21-22-42(24(3)43)50(40)49/h8,25-29H,2,7,9-23H2,1,3-6H3,(H,36,46)(H,37,45)(H2,38,39,48)/p+1/t26?,27-,28+,29-,50?/m0/s1. The van der Waals surface area contributed by atoms with Gasteiger partial charge in [0.2, 0.25) is 28.8 Å². The molecule has 3 fully saturated rings. The molecule has 2 saturated heterocycles. The van der Waals surface area contributed by atoms with Gasteiger partial charge in [-0.05, 0) is 43.4 Å². The third kappa shape index (κ3) is 11.3. The van der Waals surface area contributed by atoms with E-state index in [1.807, 2.05) is 27.7 Å². The molecule has 0 spiro atoms. The Morgan fingerprint density at radius 1 is 0.920 bits per heavy atom. The zero-order valence-electron chi connectivity index (χ0n) is 30.6. The van der Waals surface area contributed by atoms with E-state index in [-0.39, 0.29) is 30.8 Å². The Balaban J connectivity index is 1.76. The molecular weight excluding hydrogens is 662 g/mol. The number of Topliss-reactive ketones (excluding diaryl/α,β-unsaturated/α-hetero) is 1. The number of urea groups is 1. The van der Waals surface area contributed by atoms with E-state index in [0.29, 0.717) is 45.3 Å². The summed E-state index contributed by atoms with van der Waals surface area (Å²) in [6.45, 7) is 14.3. The van der Waals surface area contributed by atoms with Crippen LogP contribution in [0, 0.1) is 11.3 Å². The molecule has 4 N–H and O–H groups in total. The molecule has 3 rings (SSSR count). The molecule has 0 radical (unpaired) electrons. The molecule has 50 heavy (non-hydrogen) atoms. The number of rotatable bonds is 16. The maximum absolute atomic E-state index is 14.3. The fourth-order valence-electron chi connectivity index (χ4n) is 6.94. The summed E-state index contributed by atoms with van der Waals surface area (Å²) in [6, 6.07) is -3.70. The first-order valence-corrected chi connectivity index (χ1v) is 19.5. The Bertz CT molecular complexity index is 1270. The second-order valence-electron chi connectivity index (χ2n) is 14.8. The lowest BCUT2D eigenvalue weighted by Gasteiger charge is -2.36. The highest BCUT2D eigenvalue weighted by atomic mass is 32.2. The van der Waals surface area contributed by atoms with Crippen molar-refractivity contribution in [3.8, 4) is 0 Å². The van der Waals surface area contributed by atoms with Gasteiger partial charge in [-0.1, -0.05) is 76.5 Å². The lowest BCUT2D eigenvalue weighted by molar-refractivity contribution is -0.143. The lowest BCUT2D eigenvalue weighted by atomic mass is 9.83. The summed E-state index contributed by atoms with van der Waals surface area (Å²) in [5.74, 6) is -2.72. The van der Waals surface area contributed by atoms with E-state index in [4.69, 9.17) is 0 Å². The van der Waals surface area contributed by atoms with E-state index in [1.54, 1.807) is 4.31 Å². The van der Waals surface area contributed by atoms with Crippen molar-refractivity contribution in [1.29, 1.82) is 0 Å². The Morgan fingerprint density at radius 3 is 2.22 bits per heavy atom. The number of amides is 6. The zero-order valence-corrected chi connectivity index (χ0v) is 31.5. The van der Waals surface area contributed by atoms with Gasteiger partial charge in [0, 0.05) is 20.0 Å². The Kier molecular flexibility index (Phi) is 15.9. The first-order chi connectivity index (χ1) is 23.7. The molecule has 6 amide bonds. The largest absolute Gasteiger partial charge is 0.346 e. The average molecular weight is 723 g/mol. The van der Waals surface area contributed by atoms with Crippen LogP contribution in [0.5, 0.6) is 0 Å². The number of hydrogen-bond acceptors (Lipinski definition) is 7. The van der Waals surface area contributed by atoms with E-state index in [9.17, 15) is 33.0 Å². The number of carbonyl (C=O) groups excluding carboxylic acids is 6. The SMILES string of the molecule is C=CCNC(=O)C(=O)C(CCCCC)NC(=O)[C@@H]1CCCN1C(=O)[C@@H](NC(=O)N[C@H](CN1CCN(C(C)=O)[SH+]1=O)C(C)(C)C)C1CCCCC1. The van der Waals surface area contributed by atoms with E-state index in [0.717, 1.165) is 44.9 Å². The van der Waals surface area contributed by atoms with Crippen molar-refractivity contribution in [3.63, 3.8) is 0 Å². The van der Waals surface area contributed by atoms with Crippen LogP contribution in [0.25, 0.3) is 0 Å². The number of likely N-dealkylation sites (tertiary alicyclic amines) is 1. The van der Waals surface area contributed by atoms with Gasteiger partial charge < -0.3 is 26.2 Å².